The maximum Gasteiger partial charge on any atom is 0.168 e. The molecule has 0 saturated heterocycles. The summed E-state index contributed by atoms with van der Waals surface area (Å²) in [6.45, 7) is 4.75. The molecule has 0 bridgehead atoms. The van der Waals surface area contributed by atoms with Crippen molar-refractivity contribution < 1.29 is 0 Å². The van der Waals surface area contributed by atoms with Crippen LogP contribution in [0.5, 0.6) is 0 Å². The van der Waals surface area contributed by atoms with Crippen LogP contribution in [0, 0.1) is 0 Å². The van der Waals surface area contributed by atoms with Crippen molar-refractivity contribution in [3.05, 3.63) is 199 Å². The molecule has 1 heterocycles. The van der Waals surface area contributed by atoms with Crippen LogP contribution in [-0.2, 0) is 5.41 Å². The first-order valence-corrected chi connectivity index (χ1v) is 19.3. The molecule has 0 N–H and O–H groups in total. The van der Waals surface area contributed by atoms with E-state index in [0.717, 1.165) is 28.5 Å². The van der Waals surface area contributed by atoms with Gasteiger partial charge in [0, 0.05) is 22.2 Å². The van der Waals surface area contributed by atoms with Gasteiger partial charge in [-0.3, -0.25) is 4.57 Å². The molecular formula is C53H37N3. The van der Waals surface area contributed by atoms with Crippen LogP contribution >= 0.6 is 0 Å². The van der Waals surface area contributed by atoms with E-state index >= 15 is 0 Å². The van der Waals surface area contributed by atoms with Gasteiger partial charge in [-0.25, -0.2) is 0 Å². The number of hydrogen-bond acceptors (Lipinski definition) is 2. The average molecular weight is 716 g/mol. The lowest BCUT2D eigenvalue weighted by molar-refractivity contribution is 0.661. The molecule has 264 valence electrons. The van der Waals surface area contributed by atoms with Gasteiger partial charge in [0.25, 0.3) is 0 Å². The molecule has 1 aliphatic carbocycles. The van der Waals surface area contributed by atoms with Crippen molar-refractivity contribution in [3.63, 3.8) is 0 Å². The van der Waals surface area contributed by atoms with Crippen LogP contribution in [0.2, 0.25) is 0 Å². The molecule has 9 aromatic carbocycles. The van der Waals surface area contributed by atoms with E-state index in [0.29, 0.717) is 0 Å². The summed E-state index contributed by atoms with van der Waals surface area (Å²) in [7, 11) is 0. The van der Waals surface area contributed by atoms with Gasteiger partial charge in [0.05, 0.1) is 0 Å². The van der Waals surface area contributed by atoms with E-state index in [4.69, 9.17) is 10.2 Å². The van der Waals surface area contributed by atoms with Crippen molar-refractivity contribution in [3.8, 4) is 61.8 Å². The first kappa shape index (κ1) is 32.3. The Labute approximate surface area is 326 Å². The van der Waals surface area contributed by atoms with Crippen molar-refractivity contribution in [1.29, 1.82) is 0 Å². The number of benzene rings is 9. The maximum atomic E-state index is 4.74. The fraction of sp³-hybridized carbons (Fsp3) is 0.0566. The molecular weight excluding hydrogens is 679 g/mol. The van der Waals surface area contributed by atoms with Gasteiger partial charge in [0.2, 0.25) is 0 Å². The van der Waals surface area contributed by atoms with Gasteiger partial charge >= 0.3 is 0 Å². The van der Waals surface area contributed by atoms with E-state index in [1.165, 1.54) is 76.8 Å². The Balaban J connectivity index is 1.18. The quantitative estimate of drug-likeness (QED) is 0.166. The molecule has 3 heteroatoms. The Kier molecular flexibility index (Phi) is 7.20. The van der Waals surface area contributed by atoms with Crippen LogP contribution in [0.15, 0.2) is 188 Å². The van der Waals surface area contributed by atoms with Crippen LogP contribution < -0.4 is 0 Å². The SMILES string of the molecule is CC1(C)c2ccccc2-c2cc3c(-c4ccc(-n5c(-c6ccccc6)nnc5-c5ccccc5)cc4)c4ccccc4c(-c4ccc5ccccc5c4)c3cc21. The Morgan fingerprint density at radius 2 is 0.911 bits per heavy atom. The Morgan fingerprint density at radius 1 is 0.375 bits per heavy atom. The lowest BCUT2D eigenvalue weighted by atomic mass is 9.79. The molecule has 0 saturated carbocycles. The third-order valence-corrected chi connectivity index (χ3v) is 11.9. The molecule has 0 amide bonds. The maximum absolute atomic E-state index is 4.74. The number of rotatable bonds is 5. The molecule has 11 rings (SSSR count). The average Bonchev–Trinajstić information content (AvgIpc) is 3.79. The summed E-state index contributed by atoms with van der Waals surface area (Å²) in [5.74, 6) is 1.62. The molecule has 0 unspecified atom stereocenters. The van der Waals surface area contributed by atoms with Crippen molar-refractivity contribution >= 4 is 32.3 Å². The second kappa shape index (κ2) is 12.5. The highest BCUT2D eigenvalue weighted by Gasteiger charge is 2.36. The molecule has 56 heavy (non-hydrogen) atoms. The zero-order chi connectivity index (χ0) is 37.4. The van der Waals surface area contributed by atoms with E-state index in [-0.39, 0.29) is 5.41 Å². The number of hydrogen-bond donors (Lipinski definition) is 0. The Morgan fingerprint density at radius 3 is 1.59 bits per heavy atom. The first-order chi connectivity index (χ1) is 27.5. The molecule has 3 nitrogen and oxygen atoms in total. The molecule has 1 aliphatic rings. The van der Waals surface area contributed by atoms with Crippen molar-refractivity contribution in [2.75, 3.05) is 0 Å². The van der Waals surface area contributed by atoms with Crippen molar-refractivity contribution in [2.45, 2.75) is 19.3 Å². The summed E-state index contributed by atoms with van der Waals surface area (Å²) in [5.41, 5.74) is 13.2. The molecule has 0 aliphatic heterocycles. The summed E-state index contributed by atoms with van der Waals surface area (Å²) >= 11 is 0. The zero-order valence-corrected chi connectivity index (χ0v) is 31.2. The van der Waals surface area contributed by atoms with Gasteiger partial charge in [-0.1, -0.05) is 172 Å². The lowest BCUT2D eigenvalue weighted by Gasteiger charge is -2.24. The van der Waals surface area contributed by atoms with Crippen molar-refractivity contribution in [1.82, 2.24) is 14.8 Å². The lowest BCUT2D eigenvalue weighted by Crippen LogP contribution is -2.14. The molecule has 10 aromatic rings. The minimum Gasteiger partial charge on any atom is -0.275 e. The fourth-order valence-electron chi connectivity index (χ4n) is 9.19. The Bertz CT molecular complexity index is 3080. The van der Waals surface area contributed by atoms with Gasteiger partial charge in [-0.05, 0) is 107 Å². The van der Waals surface area contributed by atoms with Crippen LogP contribution in [0.25, 0.3) is 94.2 Å². The molecule has 0 atom stereocenters. The van der Waals surface area contributed by atoms with E-state index in [9.17, 15) is 0 Å². The second-order valence-corrected chi connectivity index (χ2v) is 15.4. The van der Waals surface area contributed by atoms with E-state index < -0.39 is 0 Å². The summed E-state index contributed by atoms with van der Waals surface area (Å²) in [6, 6.07) is 68.2. The third kappa shape index (κ3) is 4.91. The minimum atomic E-state index is -0.125. The van der Waals surface area contributed by atoms with E-state index in [1.807, 2.05) is 36.4 Å². The topological polar surface area (TPSA) is 30.7 Å². The second-order valence-electron chi connectivity index (χ2n) is 15.4. The van der Waals surface area contributed by atoms with Gasteiger partial charge in [0.15, 0.2) is 11.6 Å². The smallest absolute Gasteiger partial charge is 0.168 e. The highest BCUT2D eigenvalue weighted by Crippen LogP contribution is 2.53. The summed E-state index contributed by atoms with van der Waals surface area (Å²) in [5, 5.41) is 17.0. The molecule has 0 radical (unpaired) electrons. The third-order valence-electron chi connectivity index (χ3n) is 11.9. The van der Waals surface area contributed by atoms with Crippen molar-refractivity contribution in [2.24, 2.45) is 0 Å². The van der Waals surface area contributed by atoms with Gasteiger partial charge in [-0.15, -0.1) is 10.2 Å². The largest absolute Gasteiger partial charge is 0.275 e. The predicted octanol–water partition coefficient (Wildman–Crippen LogP) is 13.7. The summed E-state index contributed by atoms with van der Waals surface area (Å²) in [4.78, 5) is 0. The molecule has 0 spiro atoms. The van der Waals surface area contributed by atoms with E-state index in [1.54, 1.807) is 0 Å². The number of nitrogens with zero attached hydrogens (tertiary/aromatic N) is 3. The van der Waals surface area contributed by atoms with E-state index in [2.05, 4.69) is 170 Å². The Hall–Kier alpha value is -7.10. The zero-order valence-electron chi connectivity index (χ0n) is 31.2. The standard InChI is InChI=1S/C53H37N3/c1-53(2)47-24-14-13-21-41(47)44-32-45-46(33-48(44)53)50(39-26-25-34-15-9-10-20-38(34)31-39)43-23-12-11-22-42(43)49(45)35-27-29-40(30-28-35)56-51(36-16-5-3-6-17-36)54-55-52(56)37-18-7-4-8-19-37/h3-33H,1-2H3. The van der Waals surface area contributed by atoms with Crippen LogP contribution in [0.4, 0.5) is 0 Å². The summed E-state index contributed by atoms with van der Waals surface area (Å²) in [6.07, 6.45) is 0. The monoisotopic (exact) mass is 715 g/mol. The summed E-state index contributed by atoms with van der Waals surface area (Å²) < 4.78 is 2.18. The highest BCUT2D eigenvalue weighted by molar-refractivity contribution is 6.22. The van der Waals surface area contributed by atoms with Crippen LogP contribution in [0.3, 0.4) is 0 Å². The first-order valence-electron chi connectivity index (χ1n) is 19.3. The van der Waals surface area contributed by atoms with Crippen LogP contribution in [0.1, 0.15) is 25.0 Å². The highest BCUT2D eigenvalue weighted by atomic mass is 15.3. The van der Waals surface area contributed by atoms with Gasteiger partial charge in [0.1, 0.15) is 0 Å². The van der Waals surface area contributed by atoms with Crippen LogP contribution in [-0.4, -0.2) is 14.8 Å². The normalized spacial score (nSPS) is 13.0. The minimum absolute atomic E-state index is 0.125. The van der Waals surface area contributed by atoms with Gasteiger partial charge in [-0.2, -0.15) is 0 Å². The van der Waals surface area contributed by atoms with Gasteiger partial charge < -0.3 is 0 Å². The molecule has 1 aromatic heterocycles. The predicted molar refractivity (Wildman–Crippen MR) is 233 cm³/mol. The molecule has 0 fully saturated rings. The number of fused-ring (bicyclic) bond motifs is 6. The fourth-order valence-corrected chi connectivity index (χ4v) is 9.19. The number of aromatic nitrogens is 3.